The van der Waals surface area contributed by atoms with Crippen LogP contribution in [0.15, 0.2) is 84.9 Å². The molecule has 0 N–H and O–H groups in total. The summed E-state index contributed by atoms with van der Waals surface area (Å²) in [6.45, 7) is 1.11. The Balaban J connectivity index is 2.02. The summed E-state index contributed by atoms with van der Waals surface area (Å²) in [7, 11) is 3.58. The summed E-state index contributed by atoms with van der Waals surface area (Å²) in [4.78, 5) is 0. The Labute approximate surface area is 199 Å². The minimum atomic E-state index is -2.62. The van der Waals surface area contributed by atoms with Gasteiger partial charge >= 0.3 is 200 Å². The van der Waals surface area contributed by atoms with Gasteiger partial charge in [-0.1, -0.05) is 0 Å². The van der Waals surface area contributed by atoms with Gasteiger partial charge in [-0.2, -0.15) is 0 Å². The molecule has 0 unspecified atom stereocenters. The van der Waals surface area contributed by atoms with Crippen molar-refractivity contribution in [3.05, 3.63) is 96.1 Å². The Bertz CT molecular complexity index is 1290. The Hall–Kier alpha value is -2.66. The second-order valence-electron chi connectivity index (χ2n) is 9.23. The predicted octanol–water partition coefficient (Wildman–Crippen LogP) is 6.12. The van der Waals surface area contributed by atoms with Crippen molar-refractivity contribution in [2.75, 3.05) is 14.2 Å². The first kappa shape index (κ1) is 22.2. The topological polar surface area (TPSA) is 18.5 Å². The summed E-state index contributed by atoms with van der Waals surface area (Å²) >= 11 is -2.62. The molecule has 0 aliphatic carbocycles. The molecule has 3 heteroatoms. The number of rotatable bonds is 6. The molecule has 0 saturated carbocycles. The molecule has 1 aliphatic heterocycles. The van der Waals surface area contributed by atoms with E-state index in [0.717, 1.165) is 0 Å². The number of benzene rings is 4. The van der Waals surface area contributed by atoms with E-state index in [1.165, 1.54) is 44.5 Å². The maximum atomic E-state index is 5.84. The zero-order valence-corrected chi connectivity index (χ0v) is 21.9. The zero-order valence-electron chi connectivity index (χ0n) is 19.8. The molecule has 1 aliphatic rings. The van der Waals surface area contributed by atoms with Gasteiger partial charge in [-0.15, -0.1) is 0 Å². The number of methoxy groups -OCH3 is 2. The first-order valence-corrected chi connectivity index (χ1v) is 17.8. The quantitative estimate of drug-likeness (QED) is 0.301. The monoisotopic (exact) mass is 496 g/mol. The van der Waals surface area contributed by atoms with Crippen molar-refractivity contribution in [1.82, 2.24) is 0 Å². The van der Waals surface area contributed by atoms with Crippen molar-refractivity contribution in [2.24, 2.45) is 0 Å². The van der Waals surface area contributed by atoms with Gasteiger partial charge in [0.15, 0.2) is 0 Å². The van der Waals surface area contributed by atoms with Crippen molar-refractivity contribution in [2.45, 2.75) is 24.7 Å². The third-order valence-electron chi connectivity index (χ3n) is 6.91. The molecule has 0 saturated heterocycles. The van der Waals surface area contributed by atoms with E-state index < -0.39 is 13.3 Å². The van der Waals surface area contributed by atoms with E-state index >= 15 is 0 Å². The molecule has 33 heavy (non-hydrogen) atoms. The molecular formula is C30H30GeO2. The normalized spacial score (nSPS) is 13.6. The molecule has 0 fully saturated rings. The van der Waals surface area contributed by atoms with Crippen molar-refractivity contribution < 1.29 is 9.47 Å². The fourth-order valence-electron chi connectivity index (χ4n) is 5.58. The Morgan fingerprint density at radius 1 is 0.576 bits per heavy atom. The fraction of sp³-hybridized carbons (Fsp3) is 0.200. The number of ether oxygens (including phenoxy) is 2. The molecule has 4 aromatic rings. The number of hydrogen-bond donors (Lipinski definition) is 0. The van der Waals surface area contributed by atoms with Crippen LogP contribution in [0.3, 0.4) is 0 Å². The van der Waals surface area contributed by atoms with E-state index in [2.05, 4.69) is 96.4 Å². The average molecular weight is 495 g/mol. The molecule has 2 nitrogen and oxygen atoms in total. The van der Waals surface area contributed by atoms with Crippen LogP contribution < -0.4 is 8.79 Å². The van der Waals surface area contributed by atoms with Crippen molar-refractivity contribution in [3.8, 4) is 33.4 Å². The third kappa shape index (κ3) is 3.57. The molecule has 1 heterocycles. The molecule has 5 rings (SSSR count). The van der Waals surface area contributed by atoms with Crippen LogP contribution in [0.5, 0.6) is 0 Å². The van der Waals surface area contributed by atoms with Crippen LogP contribution in [-0.2, 0) is 22.7 Å². The van der Waals surface area contributed by atoms with Gasteiger partial charge in [-0.05, 0) is 0 Å². The van der Waals surface area contributed by atoms with Crippen LogP contribution in [0.25, 0.3) is 33.4 Å². The average Bonchev–Trinajstić information content (AvgIpc) is 3.08. The van der Waals surface area contributed by atoms with Gasteiger partial charge in [0.1, 0.15) is 0 Å². The predicted molar refractivity (Wildman–Crippen MR) is 141 cm³/mol. The van der Waals surface area contributed by atoms with Crippen LogP contribution in [-0.4, -0.2) is 27.5 Å². The Kier molecular flexibility index (Phi) is 6.00. The first-order valence-electron chi connectivity index (χ1n) is 11.5. The molecular weight excluding hydrogens is 465 g/mol. The van der Waals surface area contributed by atoms with Crippen LogP contribution in [0.4, 0.5) is 0 Å². The Morgan fingerprint density at radius 3 is 1.64 bits per heavy atom. The number of hydrogen-bond acceptors (Lipinski definition) is 2. The van der Waals surface area contributed by atoms with Crippen molar-refractivity contribution in [3.63, 3.8) is 0 Å². The summed E-state index contributed by atoms with van der Waals surface area (Å²) in [5.74, 6) is 5.08. The molecule has 0 amide bonds. The fourth-order valence-corrected chi connectivity index (χ4v) is 12.9. The van der Waals surface area contributed by atoms with Crippen molar-refractivity contribution in [1.29, 1.82) is 0 Å². The van der Waals surface area contributed by atoms with Gasteiger partial charge in [0, 0.05) is 0 Å². The summed E-state index contributed by atoms with van der Waals surface area (Å²) in [6, 6.07) is 30.7. The Morgan fingerprint density at radius 2 is 1.06 bits per heavy atom. The van der Waals surface area contributed by atoms with Crippen molar-refractivity contribution >= 4 is 22.1 Å². The van der Waals surface area contributed by atoms with Crippen LogP contribution >= 0.6 is 0 Å². The maximum absolute atomic E-state index is 5.84. The van der Waals surface area contributed by atoms with E-state index in [4.69, 9.17) is 9.47 Å². The second kappa shape index (κ2) is 8.94. The van der Waals surface area contributed by atoms with Gasteiger partial charge in [-0.3, -0.25) is 0 Å². The molecule has 166 valence electrons. The van der Waals surface area contributed by atoms with E-state index in [1.54, 1.807) is 23.0 Å². The minimum absolute atomic E-state index is 0.547. The van der Waals surface area contributed by atoms with Crippen LogP contribution in [0, 0.1) is 0 Å². The first-order chi connectivity index (χ1) is 16.1. The van der Waals surface area contributed by atoms with E-state index in [0.29, 0.717) is 13.2 Å². The zero-order chi connectivity index (χ0) is 23.0. The molecule has 4 aromatic carbocycles. The van der Waals surface area contributed by atoms with Crippen LogP contribution in [0.1, 0.15) is 11.1 Å². The summed E-state index contributed by atoms with van der Waals surface area (Å²) in [5, 5.41) is 0. The van der Waals surface area contributed by atoms with Gasteiger partial charge < -0.3 is 0 Å². The van der Waals surface area contributed by atoms with Gasteiger partial charge in [0.05, 0.1) is 0 Å². The van der Waals surface area contributed by atoms with E-state index in [1.807, 2.05) is 0 Å². The van der Waals surface area contributed by atoms with Gasteiger partial charge in [0.2, 0.25) is 0 Å². The molecule has 0 spiro atoms. The van der Waals surface area contributed by atoms with E-state index in [-0.39, 0.29) is 0 Å². The summed E-state index contributed by atoms with van der Waals surface area (Å²) in [6.07, 6.45) is 0. The third-order valence-corrected chi connectivity index (χ3v) is 14.3. The number of fused-ring (bicyclic) bond motifs is 3. The van der Waals surface area contributed by atoms with Gasteiger partial charge in [-0.25, -0.2) is 0 Å². The standard InChI is InChI=1S/C30H30GeO2/c1-31(2)26-18-12-11-17-23(26)29-27(21-13-7-5-8-14-21)24(19-32-3)25(20-33-4)28(30(29)31)22-15-9-6-10-16-22/h5-18H,19-20H2,1-4H3. The van der Waals surface area contributed by atoms with E-state index in [9.17, 15) is 0 Å². The summed E-state index contributed by atoms with van der Waals surface area (Å²) < 4.78 is 14.8. The molecule has 0 atom stereocenters. The molecule has 0 bridgehead atoms. The second-order valence-corrected chi connectivity index (χ2v) is 18.2. The van der Waals surface area contributed by atoms with Crippen LogP contribution in [0.2, 0.25) is 11.5 Å². The van der Waals surface area contributed by atoms with Gasteiger partial charge in [0.25, 0.3) is 0 Å². The molecule has 0 radical (unpaired) electrons. The molecule has 0 aromatic heterocycles. The SMILES string of the molecule is COCc1c(COC)c(-c2ccccc2)[c]2c(c1-c1ccccc1)-c1cccc[c]1[Ge]2([CH3])[CH3]. The summed E-state index contributed by atoms with van der Waals surface area (Å²) in [5.41, 5.74) is 10.5.